The third-order valence-corrected chi connectivity index (χ3v) is 6.00. The molecule has 0 unspecified atom stereocenters. The Morgan fingerprint density at radius 1 is 0.967 bits per heavy atom. The van der Waals surface area contributed by atoms with Gasteiger partial charge in [-0.15, -0.1) is 0 Å². The highest BCUT2D eigenvalue weighted by molar-refractivity contribution is 5.92. The molecule has 2 aromatic rings. The minimum atomic E-state index is -0.0829. The number of quaternary nitrogens is 2. The molecule has 1 atom stereocenters. The molecular weight excluding hydrogens is 376 g/mol. The zero-order valence-electron chi connectivity index (χ0n) is 18.0. The van der Waals surface area contributed by atoms with Crippen molar-refractivity contribution < 1.29 is 19.4 Å². The zero-order chi connectivity index (χ0) is 21.3. The van der Waals surface area contributed by atoms with E-state index in [0.29, 0.717) is 13.1 Å². The van der Waals surface area contributed by atoms with E-state index in [1.807, 2.05) is 55.5 Å². The molecule has 6 heteroatoms. The van der Waals surface area contributed by atoms with E-state index < -0.39 is 0 Å². The van der Waals surface area contributed by atoms with Gasteiger partial charge in [0, 0.05) is 12.2 Å². The van der Waals surface area contributed by atoms with Gasteiger partial charge in [-0.1, -0.05) is 55.5 Å². The van der Waals surface area contributed by atoms with Crippen LogP contribution in [0.2, 0.25) is 0 Å². The van der Waals surface area contributed by atoms with Crippen LogP contribution in [-0.4, -0.2) is 50.6 Å². The molecule has 0 radical (unpaired) electrons. The molecular formula is C24H34N4O2+2. The first-order chi connectivity index (χ1) is 14.6. The molecule has 1 fully saturated rings. The highest BCUT2D eigenvalue weighted by Crippen LogP contribution is 2.14. The second-order valence-electron chi connectivity index (χ2n) is 8.07. The van der Waals surface area contributed by atoms with Crippen molar-refractivity contribution in [3.63, 3.8) is 0 Å². The number of carbonyl (C=O) groups excluding carboxylic acids is 2. The van der Waals surface area contributed by atoms with E-state index in [0.717, 1.165) is 49.4 Å². The molecule has 2 aromatic carbocycles. The maximum Gasteiger partial charge on any atom is 0.279 e. The van der Waals surface area contributed by atoms with Crippen LogP contribution in [0.25, 0.3) is 0 Å². The quantitative estimate of drug-likeness (QED) is 0.482. The lowest BCUT2D eigenvalue weighted by Gasteiger charge is -2.32. The average molecular weight is 411 g/mol. The van der Waals surface area contributed by atoms with Gasteiger partial charge < -0.3 is 20.4 Å². The summed E-state index contributed by atoms with van der Waals surface area (Å²) >= 11 is 0. The van der Waals surface area contributed by atoms with Crippen LogP contribution in [0.1, 0.15) is 25.0 Å². The first kappa shape index (κ1) is 22.0. The Bertz CT molecular complexity index is 832. The van der Waals surface area contributed by atoms with Crippen LogP contribution in [-0.2, 0) is 22.6 Å². The van der Waals surface area contributed by atoms with E-state index in [-0.39, 0.29) is 17.9 Å². The Morgan fingerprint density at radius 3 is 2.33 bits per heavy atom. The lowest BCUT2D eigenvalue weighted by Crippen LogP contribution is -3.30. The molecule has 1 aliphatic rings. The number of aryl methyl sites for hydroxylation is 1. The summed E-state index contributed by atoms with van der Waals surface area (Å²) in [5.74, 6) is 0.147. The standard InChI is InChI=1S/C24H32N4O2/c1-3-21-11-7-8-12-22(21)26-23(29)18-27-13-15-28(16-14-27)19(2)24(30)25-17-20-9-5-4-6-10-20/h4-12,19H,3,13-18H2,1-2H3,(H,25,30)(H,26,29)/p+2/t19-/m0/s1. The maximum absolute atomic E-state index is 12.5. The van der Waals surface area contributed by atoms with Crippen molar-refractivity contribution in [2.45, 2.75) is 32.9 Å². The Hall–Kier alpha value is -2.70. The fraction of sp³-hybridized carbons (Fsp3) is 0.417. The third-order valence-electron chi connectivity index (χ3n) is 6.00. The molecule has 0 aliphatic carbocycles. The molecule has 2 amide bonds. The maximum atomic E-state index is 12.5. The van der Waals surface area contributed by atoms with Crippen molar-refractivity contribution in [3.05, 3.63) is 65.7 Å². The Labute approximate surface area is 179 Å². The third kappa shape index (κ3) is 6.15. The van der Waals surface area contributed by atoms with E-state index >= 15 is 0 Å². The number of piperazine rings is 1. The minimum Gasteiger partial charge on any atom is -0.347 e. The van der Waals surface area contributed by atoms with Crippen molar-refractivity contribution >= 4 is 17.5 Å². The van der Waals surface area contributed by atoms with Crippen LogP contribution in [0.5, 0.6) is 0 Å². The lowest BCUT2D eigenvalue weighted by atomic mass is 10.1. The molecule has 0 spiro atoms. The Morgan fingerprint density at radius 2 is 1.63 bits per heavy atom. The minimum absolute atomic E-state index is 0.0583. The average Bonchev–Trinajstić information content (AvgIpc) is 2.78. The van der Waals surface area contributed by atoms with Crippen LogP contribution in [0, 0.1) is 0 Å². The second-order valence-corrected chi connectivity index (χ2v) is 8.07. The van der Waals surface area contributed by atoms with Crippen LogP contribution >= 0.6 is 0 Å². The Kier molecular flexibility index (Phi) is 7.99. The molecule has 1 aliphatic heterocycles. The SMILES string of the molecule is CCc1ccccc1NC(=O)C[NH+]1CC[NH+]([C@@H](C)C(=O)NCc2ccccc2)CC1. The van der Waals surface area contributed by atoms with Gasteiger partial charge in [-0.25, -0.2) is 0 Å². The van der Waals surface area contributed by atoms with Crippen molar-refractivity contribution in [1.29, 1.82) is 0 Å². The zero-order valence-corrected chi connectivity index (χ0v) is 18.0. The molecule has 4 N–H and O–H groups in total. The molecule has 1 heterocycles. The van der Waals surface area contributed by atoms with Crippen molar-refractivity contribution in [1.82, 2.24) is 5.32 Å². The summed E-state index contributed by atoms with van der Waals surface area (Å²) in [6.07, 6.45) is 0.898. The number of hydrogen-bond acceptors (Lipinski definition) is 2. The van der Waals surface area contributed by atoms with Gasteiger partial charge in [-0.3, -0.25) is 9.59 Å². The van der Waals surface area contributed by atoms with Gasteiger partial charge >= 0.3 is 0 Å². The highest BCUT2D eigenvalue weighted by Gasteiger charge is 2.31. The van der Waals surface area contributed by atoms with Crippen LogP contribution in [0.15, 0.2) is 54.6 Å². The number of amides is 2. The summed E-state index contributed by atoms with van der Waals surface area (Å²) in [6, 6.07) is 17.9. The predicted molar refractivity (Wildman–Crippen MR) is 118 cm³/mol. The lowest BCUT2D eigenvalue weighted by molar-refractivity contribution is -1.01. The van der Waals surface area contributed by atoms with E-state index in [9.17, 15) is 9.59 Å². The summed E-state index contributed by atoms with van der Waals surface area (Å²) in [6.45, 7) is 8.71. The summed E-state index contributed by atoms with van der Waals surface area (Å²) in [5.41, 5.74) is 3.18. The first-order valence-electron chi connectivity index (χ1n) is 10.9. The predicted octanol–water partition coefficient (Wildman–Crippen LogP) is -0.324. The Balaban J connectivity index is 1.41. The monoisotopic (exact) mass is 410 g/mol. The van der Waals surface area contributed by atoms with Gasteiger partial charge in [-0.05, 0) is 30.5 Å². The smallest absolute Gasteiger partial charge is 0.279 e. The number of benzene rings is 2. The number of para-hydroxylation sites is 1. The molecule has 3 rings (SSSR count). The fourth-order valence-electron chi connectivity index (χ4n) is 4.03. The van der Waals surface area contributed by atoms with E-state index in [4.69, 9.17) is 0 Å². The molecule has 30 heavy (non-hydrogen) atoms. The van der Waals surface area contributed by atoms with Gasteiger partial charge in [0.05, 0.1) is 0 Å². The van der Waals surface area contributed by atoms with Crippen molar-refractivity contribution in [3.8, 4) is 0 Å². The number of rotatable bonds is 8. The van der Waals surface area contributed by atoms with Gasteiger partial charge in [0.2, 0.25) is 0 Å². The van der Waals surface area contributed by atoms with Crippen LogP contribution in [0.3, 0.4) is 0 Å². The molecule has 1 saturated heterocycles. The first-order valence-corrected chi connectivity index (χ1v) is 10.9. The number of anilines is 1. The molecule has 160 valence electrons. The summed E-state index contributed by atoms with van der Waals surface area (Å²) in [7, 11) is 0. The summed E-state index contributed by atoms with van der Waals surface area (Å²) in [5, 5.41) is 6.11. The van der Waals surface area contributed by atoms with Crippen LogP contribution < -0.4 is 20.4 Å². The number of carbonyl (C=O) groups is 2. The van der Waals surface area contributed by atoms with E-state index in [2.05, 4.69) is 23.6 Å². The van der Waals surface area contributed by atoms with Crippen LogP contribution in [0.4, 0.5) is 5.69 Å². The van der Waals surface area contributed by atoms with Crippen molar-refractivity contribution in [2.75, 3.05) is 38.0 Å². The summed E-state index contributed by atoms with van der Waals surface area (Å²) in [4.78, 5) is 27.6. The molecule has 0 bridgehead atoms. The topological polar surface area (TPSA) is 67.1 Å². The second kappa shape index (κ2) is 10.9. The van der Waals surface area contributed by atoms with Gasteiger partial charge in [-0.2, -0.15) is 0 Å². The molecule has 6 nitrogen and oxygen atoms in total. The fourth-order valence-corrected chi connectivity index (χ4v) is 4.03. The van der Waals surface area contributed by atoms with E-state index in [1.54, 1.807) is 0 Å². The van der Waals surface area contributed by atoms with Gasteiger partial charge in [0.15, 0.2) is 12.6 Å². The number of nitrogens with one attached hydrogen (secondary N) is 4. The summed E-state index contributed by atoms with van der Waals surface area (Å²) < 4.78 is 0. The normalized spacial score (nSPS) is 19.7. The molecule has 0 saturated carbocycles. The largest absolute Gasteiger partial charge is 0.347 e. The molecule has 0 aromatic heterocycles. The van der Waals surface area contributed by atoms with E-state index in [1.165, 1.54) is 9.80 Å². The highest BCUT2D eigenvalue weighted by atomic mass is 16.2. The van der Waals surface area contributed by atoms with Gasteiger partial charge in [0.1, 0.15) is 26.2 Å². The van der Waals surface area contributed by atoms with Crippen molar-refractivity contribution in [2.24, 2.45) is 0 Å². The number of hydrogen-bond donors (Lipinski definition) is 4. The van der Waals surface area contributed by atoms with Gasteiger partial charge in [0.25, 0.3) is 11.8 Å².